The molecule has 2 aromatic heterocycles. The molecule has 0 radical (unpaired) electrons. The predicted octanol–water partition coefficient (Wildman–Crippen LogP) is 5.43. The van der Waals surface area contributed by atoms with Crippen LogP contribution in [0.3, 0.4) is 0 Å². The van der Waals surface area contributed by atoms with E-state index in [1.54, 1.807) is 12.1 Å². The normalized spacial score (nSPS) is 28.5. The summed E-state index contributed by atoms with van der Waals surface area (Å²) in [5, 5.41) is 15.1. The molecular weight excluding hydrogens is 623 g/mol. The van der Waals surface area contributed by atoms with Crippen LogP contribution in [0, 0.1) is 11.5 Å². The summed E-state index contributed by atoms with van der Waals surface area (Å²) in [4.78, 5) is 36.6. The number of halogens is 4. The van der Waals surface area contributed by atoms with Crippen LogP contribution in [0.4, 0.5) is 19.0 Å². The molecule has 2 heterocycles. The van der Waals surface area contributed by atoms with Crippen LogP contribution >= 0.6 is 26.8 Å². The fourth-order valence-electron chi connectivity index (χ4n) is 6.28. The zero-order valence-corrected chi connectivity index (χ0v) is 24.2. The molecule has 0 bridgehead atoms. The van der Waals surface area contributed by atoms with Crippen LogP contribution in [0.25, 0.3) is 10.4 Å². The molecule has 17 heteroatoms. The highest BCUT2D eigenvalue weighted by Crippen LogP contribution is 2.68. The molecule has 224 valence electrons. The lowest BCUT2D eigenvalue weighted by Crippen LogP contribution is -2.14. The number of aryl methyl sites for hydroxylation is 1. The van der Waals surface area contributed by atoms with E-state index in [9.17, 15) is 32.3 Å². The molecule has 3 aromatic rings. The first-order valence-corrected chi connectivity index (χ1v) is 16.9. The Bertz CT molecular complexity index is 1750. The van der Waals surface area contributed by atoms with Crippen LogP contribution in [0.15, 0.2) is 30.3 Å². The van der Waals surface area contributed by atoms with Gasteiger partial charge in [-0.05, 0) is 79.1 Å². The van der Waals surface area contributed by atoms with Gasteiger partial charge in [-0.3, -0.25) is 9.13 Å². The number of benzene rings is 1. The number of fused-ring (bicyclic) bond motifs is 2. The molecule has 2 saturated carbocycles. The second kappa shape index (κ2) is 10.1. The molecule has 6 rings (SSSR count). The average molecular weight is 648 g/mol. The zero-order valence-electron chi connectivity index (χ0n) is 21.6. The highest BCUT2D eigenvalue weighted by molar-refractivity contribution is 7.70. The first-order chi connectivity index (χ1) is 19.5. The van der Waals surface area contributed by atoms with Crippen molar-refractivity contribution >= 4 is 38.1 Å². The van der Waals surface area contributed by atoms with Gasteiger partial charge in [-0.15, -0.1) is 5.10 Å². The summed E-state index contributed by atoms with van der Waals surface area (Å²) in [7, 11) is -9.31. The van der Waals surface area contributed by atoms with Gasteiger partial charge in [-0.25, -0.2) is 4.52 Å². The van der Waals surface area contributed by atoms with Gasteiger partial charge in [0.25, 0.3) is 0 Å². The molecule has 1 aromatic carbocycles. The minimum atomic E-state index is -4.77. The highest BCUT2D eigenvalue weighted by Gasteiger charge is 2.63. The Morgan fingerprint density at radius 1 is 1.17 bits per heavy atom. The van der Waals surface area contributed by atoms with E-state index in [1.807, 2.05) is 0 Å². The Kier molecular flexibility index (Phi) is 7.16. The smallest absolute Gasteiger partial charge is 0.392 e. The molecule has 3 aliphatic rings. The van der Waals surface area contributed by atoms with Gasteiger partial charge in [0.1, 0.15) is 0 Å². The van der Waals surface area contributed by atoms with Crippen LogP contribution in [-0.2, 0) is 26.3 Å². The van der Waals surface area contributed by atoms with Crippen molar-refractivity contribution in [1.82, 2.24) is 14.6 Å². The minimum absolute atomic E-state index is 0.129. The lowest BCUT2D eigenvalue weighted by molar-refractivity contribution is -0.137. The van der Waals surface area contributed by atoms with Crippen molar-refractivity contribution in [2.75, 3.05) is 5.90 Å². The third-order valence-corrected chi connectivity index (χ3v) is 11.9. The van der Waals surface area contributed by atoms with Crippen LogP contribution < -0.4 is 0 Å². The van der Waals surface area contributed by atoms with Crippen molar-refractivity contribution in [1.29, 1.82) is 0 Å². The number of alkyl halides is 3. The van der Waals surface area contributed by atoms with Crippen LogP contribution in [0.1, 0.15) is 59.9 Å². The highest BCUT2D eigenvalue weighted by atomic mass is 35.5. The van der Waals surface area contributed by atoms with Crippen molar-refractivity contribution in [3.8, 4) is 6.07 Å². The Labute approximate surface area is 241 Å². The summed E-state index contributed by atoms with van der Waals surface area (Å²) in [5.74, 6) is -1.88. The van der Waals surface area contributed by atoms with Crippen molar-refractivity contribution in [3.63, 3.8) is 0 Å². The Morgan fingerprint density at radius 2 is 1.93 bits per heavy atom. The fraction of sp³-hybridized carbons (Fsp3) is 0.480. The Morgan fingerprint density at radius 3 is 2.64 bits per heavy atom. The van der Waals surface area contributed by atoms with Gasteiger partial charge < -0.3 is 24.3 Å². The van der Waals surface area contributed by atoms with Gasteiger partial charge in [-0.2, -0.15) is 18.0 Å². The second-order valence-corrected chi connectivity index (χ2v) is 15.5. The number of aromatic nitrogens is 3. The summed E-state index contributed by atoms with van der Waals surface area (Å²) in [6.45, 7) is 0. The summed E-state index contributed by atoms with van der Waals surface area (Å²) >= 11 is 6.21. The largest absolute Gasteiger partial charge is 0.454 e. The number of aliphatic hydroxyl groups is 1. The minimum Gasteiger partial charge on any atom is -0.392 e. The number of nitrogens with zero attached hydrogens (tertiary/aromatic N) is 4. The average Bonchev–Trinajstić information content (AvgIpc) is 3.20. The zero-order chi connectivity index (χ0) is 30.2. The van der Waals surface area contributed by atoms with E-state index in [1.165, 1.54) is 10.6 Å². The van der Waals surface area contributed by atoms with Crippen molar-refractivity contribution < 1.29 is 46.6 Å². The van der Waals surface area contributed by atoms with E-state index >= 15 is 0 Å². The second-order valence-electron chi connectivity index (χ2n) is 11.2. The first-order valence-electron chi connectivity index (χ1n) is 13.0. The maximum atomic E-state index is 13.1. The van der Waals surface area contributed by atoms with E-state index in [4.69, 9.17) is 25.9 Å². The summed E-state index contributed by atoms with van der Waals surface area (Å²) < 4.78 is 69.4. The molecular formula is C25H25ClF3N4O7P2+. The van der Waals surface area contributed by atoms with Gasteiger partial charge in [0.05, 0.1) is 23.7 Å². The molecule has 2 unspecified atom stereocenters. The standard InChI is InChI=1S/C25H24ClF3N4O7P2/c26-23-31-22(30-11-14-2-1-13-7-15(25(27,28)29)3-4-16(13)14)19-6-5-18(33(19)32-23)17-8-24(9-20(17)34)10-21(24)40-42(38,39)12-41(35,36)37/h3-7,14,17,20-21,34H,1-2,8-10,12H2,(H2-,35,36,37,38,39)/p+1/t14?,17-,20+,21+,24+/m0/s1. The van der Waals surface area contributed by atoms with Crippen molar-refractivity contribution in [2.24, 2.45) is 5.41 Å². The van der Waals surface area contributed by atoms with Gasteiger partial charge in [0, 0.05) is 22.0 Å². The van der Waals surface area contributed by atoms with Crippen molar-refractivity contribution in [3.05, 3.63) is 62.8 Å². The third kappa shape index (κ3) is 5.77. The number of hydrogen-bond donors (Lipinski definition) is 4. The maximum Gasteiger partial charge on any atom is 0.454 e. The maximum absolute atomic E-state index is 13.1. The first kappa shape index (κ1) is 29.7. The van der Waals surface area contributed by atoms with Gasteiger partial charge >= 0.3 is 32.5 Å². The quantitative estimate of drug-likeness (QED) is 0.265. The Balaban J connectivity index is 1.23. The van der Waals surface area contributed by atoms with E-state index in [-0.39, 0.29) is 23.4 Å². The number of rotatable bonds is 5. The molecule has 42 heavy (non-hydrogen) atoms. The lowest BCUT2D eigenvalue weighted by atomic mass is 9.99. The SMILES string of the molecule is O=P(O)(O)CP(=O)(O)O[C@@H]1C[C@@]12C[C@@H](O)[C@H](c1ccc3c([N+]#CC4CCc5cc(C(F)(F)F)ccc54)nc(Cl)nn13)C2. The molecule has 11 nitrogen and oxygen atoms in total. The number of aliphatic hydroxyl groups excluding tert-OH is 1. The molecule has 1 spiro atoms. The van der Waals surface area contributed by atoms with E-state index < -0.39 is 56.4 Å². The fourth-order valence-corrected chi connectivity index (χ4v) is 9.26. The van der Waals surface area contributed by atoms with Crippen LogP contribution in [-0.4, -0.2) is 52.5 Å². The molecule has 0 amide bonds. The molecule has 0 saturated heterocycles. The summed E-state index contributed by atoms with van der Waals surface area (Å²) in [6, 6.07) is 10.1. The summed E-state index contributed by atoms with van der Waals surface area (Å²) in [6.07, 6.45) is -4.06. The monoisotopic (exact) mass is 647 g/mol. The molecule has 3 aliphatic carbocycles. The Hall–Kier alpha value is -2.33. The topological polar surface area (TPSA) is 159 Å². The predicted molar refractivity (Wildman–Crippen MR) is 144 cm³/mol. The molecule has 0 aliphatic heterocycles. The molecule has 6 atom stereocenters. The third-order valence-electron chi connectivity index (χ3n) is 8.23. The van der Waals surface area contributed by atoms with Gasteiger partial charge in [0.15, 0.2) is 17.5 Å². The van der Waals surface area contributed by atoms with Gasteiger partial charge in [0.2, 0.25) is 0 Å². The van der Waals surface area contributed by atoms with E-state index in [0.717, 1.165) is 12.1 Å². The van der Waals surface area contributed by atoms with Gasteiger partial charge in [-0.1, -0.05) is 6.07 Å². The van der Waals surface area contributed by atoms with Crippen LogP contribution in [0.5, 0.6) is 0 Å². The van der Waals surface area contributed by atoms with Crippen molar-refractivity contribution in [2.45, 2.75) is 62.3 Å². The summed E-state index contributed by atoms with van der Waals surface area (Å²) in [5.41, 5.74) is 1.04. The molecule has 2 fully saturated rings. The van der Waals surface area contributed by atoms with Crippen LogP contribution in [0.2, 0.25) is 5.28 Å². The number of hydrogen-bond acceptors (Lipinski definition) is 6. The van der Waals surface area contributed by atoms with E-state index in [2.05, 4.69) is 21.0 Å². The molecule has 4 N–H and O–H groups in total. The lowest BCUT2D eigenvalue weighted by Gasteiger charge is -2.15. The van der Waals surface area contributed by atoms with E-state index in [0.29, 0.717) is 48.0 Å².